The molecule has 0 amide bonds. The van der Waals surface area contributed by atoms with Crippen molar-refractivity contribution < 1.29 is 9.26 Å². The van der Waals surface area contributed by atoms with E-state index in [4.69, 9.17) is 14.2 Å². The number of ether oxygens (including phenoxy) is 1. The van der Waals surface area contributed by atoms with Crippen molar-refractivity contribution in [3.8, 4) is 11.5 Å². The molecule has 3 fully saturated rings. The minimum atomic E-state index is 0.260. The molecule has 0 N–H and O–H groups in total. The first-order valence-corrected chi connectivity index (χ1v) is 10.6. The second kappa shape index (κ2) is 7.58. The fourth-order valence-electron chi connectivity index (χ4n) is 5.40. The van der Waals surface area contributed by atoms with Crippen molar-refractivity contribution in [2.24, 2.45) is 5.41 Å². The van der Waals surface area contributed by atoms with Gasteiger partial charge in [-0.15, -0.1) is 0 Å². The van der Waals surface area contributed by atoms with Gasteiger partial charge in [0.15, 0.2) is 5.82 Å². The maximum absolute atomic E-state index is 5.58. The Morgan fingerprint density at radius 2 is 1.82 bits per heavy atom. The van der Waals surface area contributed by atoms with E-state index in [0.717, 1.165) is 43.6 Å². The Labute approximate surface area is 166 Å². The summed E-state index contributed by atoms with van der Waals surface area (Å²) in [7, 11) is 2.21. The highest BCUT2D eigenvalue weighted by molar-refractivity contribution is 5.52. The van der Waals surface area contributed by atoms with Crippen LogP contribution in [0.2, 0.25) is 0 Å². The number of benzene rings is 1. The molecule has 4 heterocycles. The summed E-state index contributed by atoms with van der Waals surface area (Å²) in [5, 5.41) is 4.34. The molecule has 6 heteroatoms. The lowest BCUT2D eigenvalue weighted by atomic mass is 9.76. The first-order chi connectivity index (χ1) is 13.7. The average Bonchev–Trinajstić information content (AvgIpc) is 3.35. The number of hydrogen-bond donors (Lipinski definition) is 0. The quantitative estimate of drug-likeness (QED) is 0.811. The van der Waals surface area contributed by atoms with E-state index in [0.29, 0.717) is 11.3 Å². The van der Waals surface area contributed by atoms with Crippen LogP contribution in [0.25, 0.3) is 11.5 Å². The summed E-state index contributed by atoms with van der Waals surface area (Å²) >= 11 is 0. The Bertz CT molecular complexity index is 779. The highest BCUT2D eigenvalue weighted by Crippen LogP contribution is 2.48. The molecule has 0 radical (unpaired) electrons. The lowest BCUT2D eigenvalue weighted by Gasteiger charge is -2.43. The Morgan fingerprint density at radius 1 is 1.07 bits per heavy atom. The van der Waals surface area contributed by atoms with E-state index in [9.17, 15) is 0 Å². The zero-order chi connectivity index (χ0) is 19.0. The molecule has 1 aromatic heterocycles. The summed E-state index contributed by atoms with van der Waals surface area (Å²) in [5.41, 5.74) is 1.38. The van der Waals surface area contributed by atoms with E-state index >= 15 is 0 Å². The standard InChI is InChI=1S/C22H30N4O2/c1-25-16-22(9-11-26(12-10-22)18-7-13-27-14-8-18)15-19(25)20-23-21(28-24-20)17-5-3-2-4-6-17/h2-6,18-19H,7-16H2,1H3. The van der Waals surface area contributed by atoms with Crippen LogP contribution in [0.1, 0.15) is 44.0 Å². The minimum Gasteiger partial charge on any atom is -0.381 e. The van der Waals surface area contributed by atoms with Crippen molar-refractivity contribution in [2.75, 3.05) is 39.9 Å². The molecule has 6 nitrogen and oxygen atoms in total. The van der Waals surface area contributed by atoms with Gasteiger partial charge in [-0.25, -0.2) is 0 Å². The Morgan fingerprint density at radius 3 is 2.57 bits per heavy atom. The first kappa shape index (κ1) is 18.3. The minimum absolute atomic E-state index is 0.260. The number of aromatic nitrogens is 2. The largest absolute Gasteiger partial charge is 0.381 e. The van der Waals surface area contributed by atoms with Crippen LogP contribution in [-0.4, -0.2) is 65.9 Å². The van der Waals surface area contributed by atoms with E-state index < -0.39 is 0 Å². The summed E-state index contributed by atoms with van der Waals surface area (Å²) in [5.74, 6) is 1.46. The van der Waals surface area contributed by atoms with E-state index in [-0.39, 0.29) is 6.04 Å². The lowest BCUT2D eigenvalue weighted by molar-refractivity contribution is 0.00742. The van der Waals surface area contributed by atoms with Gasteiger partial charge < -0.3 is 14.2 Å². The number of hydrogen-bond acceptors (Lipinski definition) is 6. The number of piperidine rings is 1. The highest BCUT2D eigenvalue weighted by atomic mass is 16.5. The number of nitrogens with zero attached hydrogens (tertiary/aromatic N) is 4. The molecule has 1 unspecified atom stereocenters. The zero-order valence-electron chi connectivity index (χ0n) is 16.7. The van der Waals surface area contributed by atoms with Crippen molar-refractivity contribution in [1.29, 1.82) is 0 Å². The third-order valence-corrected chi connectivity index (χ3v) is 7.07. The van der Waals surface area contributed by atoms with E-state index in [1.54, 1.807) is 0 Å². The third-order valence-electron chi connectivity index (χ3n) is 7.07. The van der Waals surface area contributed by atoms with Gasteiger partial charge in [-0.3, -0.25) is 4.90 Å². The Balaban J connectivity index is 1.25. The first-order valence-electron chi connectivity index (χ1n) is 10.6. The molecule has 0 bridgehead atoms. The van der Waals surface area contributed by atoms with Crippen LogP contribution < -0.4 is 0 Å². The maximum Gasteiger partial charge on any atom is 0.257 e. The molecular weight excluding hydrogens is 352 g/mol. The monoisotopic (exact) mass is 382 g/mol. The molecule has 150 valence electrons. The van der Waals surface area contributed by atoms with Crippen molar-refractivity contribution in [3.63, 3.8) is 0 Å². The van der Waals surface area contributed by atoms with Gasteiger partial charge in [0.2, 0.25) is 0 Å². The van der Waals surface area contributed by atoms with Gasteiger partial charge in [-0.2, -0.15) is 4.98 Å². The van der Waals surface area contributed by atoms with Gasteiger partial charge in [-0.05, 0) is 69.8 Å². The van der Waals surface area contributed by atoms with Gasteiger partial charge in [0.1, 0.15) is 0 Å². The molecule has 1 atom stereocenters. The summed E-state index contributed by atoms with van der Waals surface area (Å²) in [6, 6.07) is 11.0. The van der Waals surface area contributed by atoms with Crippen LogP contribution in [0.5, 0.6) is 0 Å². The van der Waals surface area contributed by atoms with Crippen LogP contribution in [-0.2, 0) is 4.74 Å². The van der Waals surface area contributed by atoms with Gasteiger partial charge >= 0.3 is 0 Å². The van der Waals surface area contributed by atoms with Crippen LogP contribution in [0.4, 0.5) is 0 Å². The normalized spacial score (nSPS) is 26.8. The van der Waals surface area contributed by atoms with E-state index in [2.05, 4.69) is 22.0 Å². The molecule has 1 spiro atoms. The van der Waals surface area contributed by atoms with Crippen molar-refractivity contribution in [2.45, 2.75) is 44.2 Å². The van der Waals surface area contributed by atoms with Crippen molar-refractivity contribution in [3.05, 3.63) is 36.2 Å². The molecule has 28 heavy (non-hydrogen) atoms. The Kier molecular flexibility index (Phi) is 4.95. The van der Waals surface area contributed by atoms with E-state index in [1.807, 2.05) is 30.3 Å². The third kappa shape index (κ3) is 3.49. The van der Waals surface area contributed by atoms with E-state index in [1.165, 1.54) is 38.8 Å². The molecule has 0 aliphatic carbocycles. The molecule has 1 aromatic carbocycles. The zero-order valence-corrected chi connectivity index (χ0v) is 16.7. The summed E-state index contributed by atoms with van der Waals surface area (Å²) in [6.07, 6.45) is 6.07. The molecule has 5 rings (SSSR count). The average molecular weight is 383 g/mol. The predicted molar refractivity (Wildman–Crippen MR) is 107 cm³/mol. The Hall–Kier alpha value is -1.76. The van der Waals surface area contributed by atoms with Gasteiger partial charge in [0.05, 0.1) is 6.04 Å². The predicted octanol–water partition coefficient (Wildman–Crippen LogP) is 3.37. The van der Waals surface area contributed by atoms with Crippen LogP contribution >= 0.6 is 0 Å². The molecule has 3 aliphatic rings. The van der Waals surface area contributed by atoms with Crippen molar-refractivity contribution in [1.82, 2.24) is 19.9 Å². The summed E-state index contributed by atoms with van der Waals surface area (Å²) < 4.78 is 11.1. The molecule has 2 aromatic rings. The lowest BCUT2D eigenvalue weighted by Crippen LogP contribution is -2.47. The summed E-state index contributed by atoms with van der Waals surface area (Å²) in [6.45, 7) is 5.42. The fourth-order valence-corrected chi connectivity index (χ4v) is 5.40. The maximum atomic E-state index is 5.58. The number of rotatable bonds is 3. The number of likely N-dealkylation sites (tertiary alicyclic amines) is 2. The molecule has 0 saturated carbocycles. The highest BCUT2D eigenvalue weighted by Gasteiger charge is 2.46. The molecule has 3 aliphatic heterocycles. The summed E-state index contributed by atoms with van der Waals surface area (Å²) in [4.78, 5) is 9.88. The topological polar surface area (TPSA) is 54.6 Å². The molecule has 3 saturated heterocycles. The second-order valence-corrected chi connectivity index (χ2v) is 8.84. The second-order valence-electron chi connectivity index (χ2n) is 8.84. The van der Waals surface area contributed by atoms with Crippen LogP contribution in [0.3, 0.4) is 0 Å². The van der Waals surface area contributed by atoms with Gasteiger partial charge in [0.25, 0.3) is 5.89 Å². The smallest absolute Gasteiger partial charge is 0.257 e. The van der Waals surface area contributed by atoms with Gasteiger partial charge in [0, 0.05) is 31.4 Å². The van der Waals surface area contributed by atoms with Gasteiger partial charge in [-0.1, -0.05) is 23.4 Å². The van der Waals surface area contributed by atoms with Crippen molar-refractivity contribution >= 4 is 0 Å². The fraction of sp³-hybridized carbons (Fsp3) is 0.636. The SMILES string of the molecule is CN1CC2(CCN(C3CCOCC3)CC2)CC1c1noc(-c2ccccc2)n1. The molecular formula is C22H30N4O2. The van der Waals surface area contributed by atoms with Crippen LogP contribution in [0, 0.1) is 5.41 Å². The van der Waals surface area contributed by atoms with Crippen LogP contribution in [0.15, 0.2) is 34.9 Å².